The smallest absolute Gasteiger partial charge is 0.471 e. The lowest BCUT2D eigenvalue weighted by Gasteiger charge is -2.08. The van der Waals surface area contributed by atoms with Crippen LogP contribution in [0.25, 0.3) is 10.2 Å². The molecule has 0 saturated carbocycles. The van der Waals surface area contributed by atoms with Gasteiger partial charge in [-0.3, -0.25) is 4.79 Å². The second-order valence-corrected chi connectivity index (χ2v) is 5.48. The maximum atomic E-state index is 12.3. The van der Waals surface area contributed by atoms with Gasteiger partial charge in [-0.1, -0.05) is 0 Å². The number of nitrogens with zero attached hydrogens (tertiary/aromatic N) is 1. The van der Waals surface area contributed by atoms with E-state index >= 15 is 0 Å². The number of pyridine rings is 1. The van der Waals surface area contributed by atoms with Gasteiger partial charge in [-0.15, -0.1) is 11.3 Å². The number of carbonyl (C=O) groups is 2. The quantitative estimate of drug-likeness (QED) is 0.852. The molecule has 0 unspecified atom stereocenters. The van der Waals surface area contributed by atoms with Gasteiger partial charge in [0.15, 0.2) is 0 Å². The van der Waals surface area contributed by atoms with Crippen LogP contribution in [0.4, 0.5) is 18.9 Å². The third kappa shape index (κ3) is 2.75. The average Bonchev–Trinajstić information content (AvgIpc) is 2.66. The van der Waals surface area contributed by atoms with Crippen LogP contribution in [-0.2, 0) is 4.79 Å². The molecule has 0 bridgehead atoms. The molecule has 1 amide bonds. The first-order valence-electron chi connectivity index (χ1n) is 4.89. The normalized spacial score (nSPS) is 11.6. The standard InChI is InChI=1S/C10H4BrF3N2O3S/c11-3-1-4-5(16-9(19)10(12,13)14)6(8(17)18)20-7(4)15-2-3/h1-2H,(H,16,19)(H,17,18). The van der Waals surface area contributed by atoms with Crippen molar-refractivity contribution in [3.8, 4) is 0 Å². The highest BCUT2D eigenvalue weighted by Gasteiger charge is 2.39. The molecule has 5 nitrogen and oxygen atoms in total. The maximum Gasteiger partial charge on any atom is 0.471 e. The van der Waals surface area contributed by atoms with Crippen LogP contribution in [0, 0.1) is 0 Å². The summed E-state index contributed by atoms with van der Waals surface area (Å²) in [5, 5.41) is 10.7. The number of nitrogens with one attached hydrogen (secondary N) is 1. The van der Waals surface area contributed by atoms with E-state index < -0.39 is 28.6 Å². The van der Waals surface area contributed by atoms with E-state index in [-0.39, 0.29) is 10.2 Å². The number of rotatable bonds is 2. The Morgan fingerprint density at radius 1 is 1.40 bits per heavy atom. The zero-order valence-corrected chi connectivity index (χ0v) is 11.7. The van der Waals surface area contributed by atoms with Crippen LogP contribution >= 0.6 is 27.3 Å². The molecule has 0 aliphatic rings. The van der Waals surface area contributed by atoms with Gasteiger partial charge in [0.1, 0.15) is 9.71 Å². The van der Waals surface area contributed by atoms with E-state index in [4.69, 9.17) is 5.11 Å². The second-order valence-electron chi connectivity index (χ2n) is 3.57. The van der Waals surface area contributed by atoms with E-state index in [0.29, 0.717) is 15.8 Å². The van der Waals surface area contributed by atoms with E-state index in [1.54, 1.807) is 5.32 Å². The highest BCUT2D eigenvalue weighted by molar-refractivity contribution is 9.10. The highest BCUT2D eigenvalue weighted by atomic mass is 79.9. The Bertz CT molecular complexity index is 714. The summed E-state index contributed by atoms with van der Waals surface area (Å²) in [5.74, 6) is -3.68. The highest BCUT2D eigenvalue weighted by Crippen LogP contribution is 2.36. The average molecular weight is 369 g/mol. The van der Waals surface area contributed by atoms with Gasteiger partial charge in [-0.25, -0.2) is 9.78 Å². The maximum absolute atomic E-state index is 12.3. The first kappa shape index (κ1) is 14.7. The Morgan fingerprint density at radius 3 is 2.60 bits per heavy atom. The summed E-state index contributed by atoms with van der Waals surface area (Å²) >= 11 is 3.76. The van der Waals surface area contributed by atoms with Crippen LogP contribution in [0.5, 0.6) is 0 Å². The van der Waals surface area contributed by atoms with E-state index in [0.717, 1.165) is 0 Å². The van der Waals surface area contributed by atoms with E-state index in [2.05, 4.69) is 20.9 Å². The van der Waals surface area contributed by atoms with Crippen molar-refractivity contribution in [1.29, 1.82) is 0 Å². The third-order valence-electron chi connectivity index (χ3n) is 2.20. The van der Waals surface area contributed by atoms with Gasteiger partial charge in [0.2, 0.25) is 0 Å². The summed E-state index contributed by atoms with van der Waals surface area (Å²) in [6, 6.07) is 1.39. The van der Waals surface area contributed by atoms with Crippen LogP contribution in [-0.4, -0.2) is 28.1 Å². The second kappa shape index (κ2) is 5.02. The summed E-state index contributed by atoms with van der Waals surface area (Å²) in [4.78, 5) is 25.7. The summed E-state index contributed by atoms with van der Waals surface area (Å²) < 4.78 is 37.3. The summed E-state index contributed by atoms with van der Waals surface area (Å²) in [5.41, 5.74) is -0.409. The largest absolute Gasteiger partial charge is 0.477 e. The fourth-order valence-electron chi connectivity index (χ4n) is 1.42. The molecule has 20 heavy (non-hydrogen) atoms. The minimum Gasteiger partial charge on any atom is -0.477 e. The number of carbonyl (C=O) groups excluding carboxylic acids is 1. The Kier molecular flexibility index (Phi) is 3.69. The minimum atomic E-state index is -5.11. The zero-order valence-electron chi connectivity index (χ0n) is 9.29. The summed E-state index contributed by atoms with van der Waals surface area (Å²) in [7, 11) is 0. The van der Waals surface area contributed by atoms with Gasteiger partial charge in [-0.05, 0) is 22.0 Å². The molecule has 10 heteroatoms. The van der Waals surface area contributed by atoms with Crippen LogP contribution in [0.15, 0.2) is 16.7 Å². The predicted octanol–water partition coefficient (Wildman–Crippen LogP) is 3.26. The van der Waals surface area contributed by atoms with Crippen molar-refractivity contribution in [3.05, 3.63) is 21.6 Å². The number of carboxylic acids is 1. The Hall–Kier alpha value is -1.68. The number of hydrogen-bond donors (Lipinski definition) is 2. The van der Waals surface area contributed by atoms with Crippen molar-refractivity contribution in [2.75, 3.05) is 5.32 Å². The monoisotopic (exact) mass is 368 g/mol. The lowest BCUT2D eigenvalue weighted by atomic mass is 10.2. The SMILES string of the molecule is O=C(O)c1sc2ncc(Br)cc2c1NC(=O)C(F)(F)F. The van der Waals surface area contributed by atoms with Gasteiger partial charge in [-0.2, -0.15) is 13.2 Å². The molecule has 106 valence electrons. The fraction of sp³-hybridized carbons (Fsp3) is 0.100. The van der Waals surface area contributed by atoms with Crippen LogP contribution in [0.2, 0.25) is 0 Å². The molecular weight excluding hydrogens is 365 g/mol. The first-order valence-corrected chi connectivity index (χ1v) is 6.50. The molecule has 2 heterocycles. The Balaban J connectivity index is 2.59. The Morgan fingerprint density at radius 2 is 2.05 bits per heavy atom. The molecule has 0 atom stereocenters. The molecule has 2 N–H and O–H groups in total. The third-order valence-corrected chi connectivity index (χ3v) is 3.74. The van der Waals surface area contributed by atoms with Crippen LogP contribution in [0.3, 0.4) is 0 Å². The molecule has 0 radical (unpaired) electrons. The predicted molar refractivity (Wildman–Crippen MR) is 69.0 cm³/mol. The van der Waals surface area contributed by atoms with Crippen molar-refractivity contribution >= 4 is 55.0 Å². The van der Waals surface area contributed by atoms with Crippen LogP contribution < -0.4 is 5.32 Å². The van der Waals surface area contributed by atoms with E-state index in [1.165, 1.54) is 12.3 Å². The fourth-order valence-corrected chi connectivity index (χ4v) is 2.67. The van der Waals surface area contributed by atoms with Crippen molar-refractivity contribution in [1.82, 2.24) is 4.98 Å². The van der Waals surface area contributed by atoms with Gasteiger partial charge >= 0.3 is 18.1 Å². The first-order chi connectivity index (χ1) is 9.20. The summed E-state index contributed by atoms with van der Waals surface area (Å²) in [6.45, 7) is 0. The topological polar surface area (TPSA) is 79.3 Å². The molecule has 0 spiro atoms. The molecule has 0 saturated heterocycles. The van der Waals surface area contributed by atoms with Crippen molar-refractivity contribution < 1.29 is 27.9 Å². The zero-order chi connectivity index (χ0) is 15.1. The Labute approximate surface area is 121 Å². The lowest BCUT2D eigenvalue weighted by molar-refractivity contribution is -0.167. The number of amides is 1. The van der Waals surface area contributed by atoms with Gasteiger partial charge in [0, 0.05) is 16.1 Å². The van der Waals surface area contributed by atoms with Gasteiger partial charge in [0.25, 0.3) is 0 Å². The van der Waals surface area contributed by atoms with Crippen LogP contribution in [0.1, 0.15) is 9.67 Å². The molecule has 0 aliphatic heterocycles. The number of halogens is 4. The van der Waals surface area contributed by atoms with Crippen molar-refractivity contribution in [2.45, 2.75) is 6.18 Å². The number of aromatic carboxylic acids is 1. The number of carboxylic acid groups (broad SMARTS) is 1. The molecule has 0 aliphatic carbocycles. The number of aromatic nitrogens is 1. The van der Waals surface area contributed by atoms with E-state index in [1.807, 2.05) is 0 Å². The van der Waals surface area contributed by atoms with Gasteiger partial charge in [0.05, 0.1) is 5.69 Å². The lowest BCUT2D eigenvalue weighted by Crippen LogP contribution is -2.30. The molecule has 2 aromatic rings. The number of thiophene rings is 1. The number of alkyl halides is 3. The van der Waals surface area contributed by atoms with Crippen molar-refractivity contribution in [2.24, 2.45) is 0 Å². The summed E-state index contributed by atoms with van der Waals surface area (Å²) in [6.07, 6.45) is -3.73. The minimum absolute atomic E-state index is 0.124. The van der Waals surface area contributed by atoms with Crippen molar-refractivity contribution in [3.63, 3.8) is 0 Å². The molecule has 2 aromatic heterocycles. The van der Waals surface area contributed by atoms with Gasteiger partial charge < -0.3 is 10.4 Å². The molecular formula is C10H4BrF3N2O3S. The molecule has 0 aromatic carbocycles. The molecule has 0 fully saturated rings. The number of fused-ring (bicyclic) bond motifs is 1. The molecule has 2 rings (SSSR count). The van der Waals surface area contributed by atoms with E-state index in [9.17, 15) is 22.8 Å². The number of hydrogen-bond acceptors (Lipinski definition) is 4. The number of anilines is 1.